The standard InChI is InChI=1S/C22H35NO/c1-18(15-20-11-7-5-8-12-20)22(24,19(2)17-23(3)4)16-21-13-9-6-10-14-21/h5,7-8,11-12,15,19,21,24H,6,9-10,13-14,16-17H2,1-4H3. The second kappa shape index (κ2) is 8.82. The van der Waals surface area contributed by atoms with E-state index in [2.05, 4.69) is 63.2 Å². The van der Waals surface area contributed by atoms with E-state index in [4.69, 9.17) is 0 Å². The predicted octanol–water partition coefficient (Wildman–Crippen LogP) is 4.99. The van der Waals surface area contributed by atoms with Crippen LogP contribution in [0.25, 0.3) is 6.08 Å². The van der Waals surface area contributed by atoms with Gasteiger partial charge in [-0.05, 0) is 44.5 Å². The molecule has 1 fully saturated rings. The highest BCUT2D eigenvalue weighted by molar-refractivity contribution is 5.54. The van der Waals surface area contributed by atoms with E-state index in [1.165, 1.54) is 37.7 Å². The molecule has 2 nitrogen and oxygen atoms in total. The lowest BCUT2D eigenvalue weighted by atomic mass is 9.72. The van der Waals surface area contributed by atoms with E-state index in [0.717, 1.165) is 18.5 Å². The summed E-state index contributed by atoms with van der Waals surface area (Å²) >= 11 is 0. The Morgan fingerprint density at radius 1 is 1.21 bits per heavy atom. The van der Waals surface area contributed by atoms with Crippen molar-refractivity contribution in [1.29, 1.82) is 0 Å². The van der Waals surface area contributed by atoms with Gasteiger partial charge < -0.3 is 10.0 Å². The quantitative estimate of drug-likeness (QED) is 0.762. The Morgan fingerprint density at radius 3 is 2.42 bits per heavy atom. The smallest absolute Gasteiger partial charge is 0.0897 e. The van der Waals surface area contributed by atoms with E-state index in [9.17, 15) is 5.11 Å². The first-order valence-corrected chi connectivity index (χ1v) is 9.52. The molecule has 134 valence electrons. The molecule has 0 heterocycles. The van der Waals surface area contributed by atoms with Crippen molar-refractivity contribution < 1.29 is 5.11 Å². The van der Waals surface area contributed by atoms with Gasteiger partial charge in [0.1, 0.15) is 0 Å². The highest BCUT2D eigenvalue weighted by Gasteiger charge is 2.38. The van der Waals surface area contributed by atoms with E-state index in [0.29, 0.717) is 5.92 Å². The van der Waals surface area contributed by atoms with E-state index in [1.807, 2.05) is 6.07 Å². The van der Waals surface area contributed by atoms with Gasteiger partial charge in [0.25, 0.3) is 0 Å². The van der Waals surface area contributed by atoms with Crippen LogP contribution < -0.4 is 0 Å². The number of benzene rings is 1. The van der Waals surface area contributed by atoms with Crippen molar-refractivity contribution in [3.8, 4) is 0 Å². The van der Waals surface area contributed by atoms with Crippen molar-refractivity contribution in [2.24, 2.45) is 11.8 Å². The third-order valence-electron chi connectivity index (χ3n) is 5.64. The predicted molar refractivity (Wildman–Crippen MR) is 104 cm³/mol. The number of hydrogen-bond donors (Lipinski definition) is 1. The Hall–Kier alpha value is -1.12. The van der Waals surface area contributed by atoms with Crippen LogP contribution in [0, 0.1) is 11.8 Å². The van der Waals surface area contributed by atoms with Crippen LogP contribution in [0.5, 0.6) is 0 Å². The molecule has 2 rings (SSSR count). The topological polar surface area (TPSA) is 23.5 Å². The molecule has 1 aliphatic carbocycles. The highest BCUT2D eigenvalue weighted by atomic mass is 16.3. The van der Waals surface area contributed by atoms with Crippen molar-refractivity contribution >= 4 is 6.08 Å². The van der Waals surface area contributed by atoms with Crippen LogP contribution in [0.3, 0.4) is 0 Å². The maximum atomic E-state index is 11.7. The Labute approximate surface area is 148 Å². The second-order valence-electron chi connectivity index (χ2n) is 8.03. The lowest BCUT2D eigenvalue weighted by Gasteiger charge is -2.40. The van der Waals surface area contributed by atoms with Crippen molar-refractivity contribution in [3.05, 3.63) is 41.5 Å². The minimum absolute atomic E-state index is 0.217. The summed E-state index contributed by atoms with van der Waals surface area (Å²) in [7, 11) is 4.18. The van der Waals surface area contributed by atoms with Crippen LogP contribution in [-0.2, 0) is 0 Å². The first-order valence-electron chi connectivity index (χ1n) is 9.52. The van der Waals surface area contributed by atoms with Gasteiger partial charge in [-0.2, -0.15) is 0 Å². The normalized spacial score (nSPS) is 20.8. The van der Waals surface area contributed by atoms with Crippen LogP contribution in [0.15, 0.2) is 35.9 Å². The molecule has 0 aromatic heterocycles. The summed E-state index contributed by atoms with van der Waals surface area (Å²) in [5, 5.41) is 11.7. The molecule has 1 aromatic rings. The average molecular weight is 330 g/mol. The second-order valence-corrected chi connectivity index (χ2v) is 8.03. The van der Waals surface area contributed by atoms with Gasteiger partial charge in [-0.1, -0.05) is 75.4 Å². The fraction of sp³-hybridized carbons (Fsp3) is 0.636. The van der Waals surface area contributed by atoms with Crippen molar-refractivity contribution in [2.45, 2.75) is 58.0 Å². The average Bonchev–Trinajstić information content (AvgIpc) is 2.56. The summed E-state index contributed by atoms with van der Waals surface area (Å²) in [4.78, 5) is 2.19. The lowest BCUT2D eigenvalue weighted by Crippen LogP contribution is -2.44. The highest BCUT2D eigenvalue weighted by Crippen LogP contribution is 2.38. The van der Waals surface area contributed by atoms with Gasteiger partial charge in [-0.15, -0.1) is 0 Å². The molecular formula is C22H35NO. The minimum Gasteiger partial charge on any atom is -0.385 e. The van der Waals surface area contributed by atoms with E-state index in [1.54, 1.807) is 0 Å². The molecule has 0 bridgehead atoms. The summed E-state index contributed by atoms with van der Waals surface area (Å²) in [6, 6.07) is 10.4. The molecule has 1 N–H and O–H groups in total. The van der Waals surface area contributed by atoms with Gasteiger partial charge in [0.05, 0.1) is 5.60 Å². The van der Waals surface area contributed by atoms with Gasteiger partial charge in [0.2, 0.25) is 0 Å². The Bertz CT molecular complexity index is 516. The summed E-state index contributed by atoms with van der Waals surface area (Å²) in [6.07, 6.45) is 9.63. The molecule has 0 spiro atoms. The summed E-state index contributed by atoms with van der Waals surface area (Å²) in [5.41, 5.74) is 1.56. The molecule has 1 aromatic carbocycles. The maximum Gasteiger partial charge on any atom is 0.0897 e. The number of rotatable bonds is 7. The number of hydrogen-bond acceptors (Lipinski definition) is 2. The fourth-order valence-electron chi connectivity index (χ4n) is 4.21. The third kappa shape index (κ3) is 5.19. The van der Waals surface area contributed by atoms with Crippen molar-refractivity contribution in [2.75, 3.05) is 20.6 Å². The Balaban J connectivity index is 2.24. The molecule has 0 radical (unpaired) electrons. The fourth-order valence-corrected chi connectivity index (χ4v) is 4.21. The van der Waals surface area contributed by atoms with Crippen LogP contribution in [0.2, 0.25) is 0 Å². The molecule has 1 saturated carbocycles. The van der Waals surface area contributed by atoms with E-state index < -0.39 is 5.60 Å². The molecule has 2 heteroatoms. The Kier molecular flexibility index (Phi) is 7.06. The van der Waals surface area contributed by atoms with Gasteiger partial charge in [0.15, 0.2) is 0 Å². The van der Waals surface area contributed by atoms with Crippen molar-refractivity contribution in [1.82, 2.24) is 4.90 Å². The molecule has 24 heavy (non-hydrogen) atoms. The Morgan fingerprint density at radius 2 is 1.83 bits per heavy atom. The largest absolute Gasteiger partial charge is 0.385 e. The van der Waals surface area contributed by atoms with Crippen LogP contribution >= 0.6 is 0 Å². The molecule has 2 unspecified atom stereocenters. The SMILES string of the molecule is CC(=Cc1ccccc1)C(O)(CC1CCCCC1)C(C)CN(C)C. The molecule has 0 amide bonds. The molecule has 1 aliphatic rings. The first kappa shape index (κ1) is 19.2. The van der Waals surface area contributed by atoms with Gasteiger partial charge in [-0.3, -0.25) is 0 Å². The molecule has 0 saturated heterocycles. The monoisotopic (exact) mass is 329 g/mol. The van der Waals surface area contributed by atoms with Crippen LogP contribution in [-0.4, -0.2) is 36.2 Å². The number of aliphatic hydroxyl groups is 1. The third-order valence-corrected chi connectivity index (χ3v) is 5.64. The zero-order valence-corrected chi connectivity index (χ0v) is 16.0. The maximum absolute atomic E-state index is 11.7. The van der Waals surface area contributed by atoms with Crippen molar-refractivity contribution in [3.63, 3.8) is 0 Å². The van der Waals surface area contributed by atoms with E-state index in [-0.39, 0.29) is 5.92 Å². The number of nitrogens with zero attached hydrogens (tertiary/aromatic N) is 1. The first-order chi connectivity index (χ1) is 11.4. The summed E-state index contributed by atoms with van der Waals surface area (Å²) in [6.45, 7) is 5.22. The minimum atomic E-state index is -0.720. The zero-order valence-electron chi connectivity index (χ0n) is 16.0. The summed E-state index contributed by atoms with van der Waals surface area (Å²) in [5.74, 6) is 0.877. The van der Waals surface area contributed by atoms with Gasteiger partial charge in [-0.25, -0.2) is 0 Å². The molecular weight excluding hydrogens is 294 g/mol. The van der Waals surface area contributed by atoms with Gasteiger partial charge >= 0.3 is 0 Å². The summed E-state index contributed by atoms with van der Waals surface area (Å²) < 4.78 is 0. The van der Waals surface area contributed by atoms with Gasteiger partial charge in [0, 0.05) is 12.5 Å². The van der Waals surface area contributed by atoms with E-state index >= 15 is 0 Å². The molecule has 0 aliphatic heterocycles. The van der Waals surface area contributed by atoms with Crippen LogP contribution in [0.1, 0.15) is 57.9 Å². The van der Waals surface area contributed by atoms with Crippen LogP contribution in [0.4, 0.5) is 0 Å². The zero-order chi connectivity index (χ0) is 17.6. The molecule has 2 atom stereocenters. The lowest BCUT2D eigenvalue weighted by molar-refractivity contribution is -0.0109.